The standard InChI is InChI=1S/C21H19NO5S2/c1-13(20(24)25)22-19(23)18(29-21(22)28)11-15-8-9-16(17(10-15)26-2)27-12-14-6-4-3-5-7-14/h3-11,13H,12H2,1-2H3,(H,24,25)/b18-11-/t13-/m1/s1. The Morgan fingerprint density at radius 3 is 2.62 bits per heavy atom. The van der Waals surface area contributed by atoms with Crippen LogP contribution in [0.2, 0.25) is 0 Å². The summed E-state index contributed by atoms with van der Waals surface area (Å²) >= 11 is 6.26. The molecule has 1 amide bonds. The Hall–Kier alpha value is -2.84. The Balaban J connectivity index is 1.78. The molecule has 1 atom stereocenters. The van der Waals surface area contributed by atoms with E-state index in [4.69, 9.17) is 21.7 Å². The van der Waals surface area contributed by atoms with Gasteiger partial charge in [-0.15, -0.1) is 0 Å². The number of methoxy groups -OCH3 is 1. The molecular weight excluding hydrogens is 410 g/mol. The smallest absolute Gasteiger partial charge is 0.326 e. The minimum absolute atomic E-state index is 0.228. The summed E-state index contributed by atoms with van der Waals surface area (Å²) in [6.07, 6.45) is 1.66. The normalized spacial score (nSPS) is 16.2. The second-order valence-electron chi connectivity index (χ2n) is 6.25. The van der Waals surface area contributed by atoms with Gasteiger partial charge in [-0.1, -0.05) is 60.4 Å². The Bertz CT molecular complexity index is 974. The van der Waals surface area contributed by atoms with Crippen molar-refractivity contribution >= 4 is 46.3 Å². The number of thiocarbonyl (C=S) groups is 1. The lowest BCUT2D eigenvalue weighted by molar-refractivity contribution is -0.144. The number of benzene rings is 2. The van der Waals surface area contributed by atoms with Crippen molar-refractivity contribution in [1.29, 1.82) is 0 Å². The van der Waals surface area contributed by atoms with Crippen LogP contribution in [0.15, 0.2) is 53.4 Å². The van der Waals surface area contributed by atoms with E-state index in [0.717, 1.165) is 27.8 Å². The number of carbonyl (C=O) groups excluding carboxylic acids is 1. The number of hydrogen-bond acceptors (Lipinski definition) is 6. The zero-order chi connectivity index (χ0) is 21.0. The SMILES string of the molecule is COc1cc(/C=C2\SC(=S)N([C@H](C)C(=O)O)C2=O)ccc1OCc1ccccc1. The molecule has 2 aromatic rings. The largest absolute Gasteiger partial charge is 0.493 e. The second-order valence-corrected chi connectivity index (χ2v) is 7.93. The molecule has 1 aliphatic heterocycles. The predicted molar refractivity (Wildman–Crippen MR) is 116 cm³/mol. The lowest BCUT2D eigenvalue weighted by Crippen LogP contribution is -2.41. The summed E-state index contributed by atoms with van der Waals surface area (Å²) in [4.78, 5) is 25.3. The van der Waals surface area contributed by atoms with E-state index in [0.29, 0.717) is 23.0 Å². The van der Waals surface area contributed by atoms with E-state index in [-0.39, 0.29) is 4.32 Å². The number of ether oxygens (including phenoxy) is 2. The maximum atomic E-state index is 12.6. The number of carboxylic acids is 1. The Kier molecular flexibility index (Phi) is 6.56. The van der Waals surface area contributed by atoms with Crippen LogP contribution >= 0.6 is 24.0 Å². The van der Waals surface area contributed by atoms with Crippen LogP contribution in [0.5, 0.6) is 11.5 Å². The van der Waals surface area contributed by atoms with Crippen molar-refractivity contribution in [2.75, 3.05) is 7.11 Å². The fraction of sp³-hybridized carbons (Fsp3) is 0.190. The molecule has 1 fully saturated rings. The van der Waals surface area contributed by atoms with Gasteiger partial charge in [0.05, 0.1) is 12.0 Å². The average molecular weight is 430 g/mol. The number of rotatable bonds is 7. The summed E-state index contributed by atoms with van der Waals surface area (Å²) in [5.74, 6) is -0.410. The van der Waals surface area contributed by atoms with Crippen LogP contribution < -0.4 is 9.47 Å². The number of thioether (sulfide) groups is 1. The van der Waals surface area contributed by atoms with Gasteiger partial charge < -0.3 is 14.6 Å². The molecule has 6 nitrogen and oxygen atoms in total. The van der Waals surface area contributed by atoms with Crippen molar-refractivity contribution in [3.05, 3.63) is 64.6 Å². The monoisotopic (exact) mass is 429 g/mol. The fourth-order valence-electron chi connectivity index (χ4n) is 2.70. The molecule has 1 saturated heterocycles. The highest BCUT2D eigenvalue weighted by Crippen LogP contribution is 2.36. The molecule has 0 unspecified atom stereocenters. The highest BCUT2D eigenvalue weighted by Gasteiger charge is 2.38. The minimum atomic E-state index is -1.11. The molecule has 0 aromatic heterocycles. The van der Waals surface area contributed by atoms with E-state index < -0.39 is 17.9 Å². The van der Waals surface area contributed by atoms with Crippen LogP contribution in [0, 0.1) is 0 Å². The Labute approximate surface area is 178 Å². The van der Waals surface area contributed by atoms with Gasteiger partial charge in [0.1, 0.15) is 17.0 Å². The summed E-state index contributed by atoms with van der Waals surface area (Å²) in [7, 11) is 1.54. The van der Waals surface area contributed by atoms with Gasteiger partial charge in [-0.25, -0.2) is 4.79 Å². The fourth-order valence-corrected chi connectivity index (χ4v) is 4.12. The van der Waals surface area contributed by atoms with Crippen molar-refractivity contribution in [3.63, 3.8) is 0 Å². The van der Waals surface area contributed by atoms with E-state index in [1.807, 2.05) is 30.3 Å². The first-order valence-electron chi connectivity index (χ1n) is 8.75. The Morgan fingerprint density at radius 1 is 1.24 bits per heavy atom. The van der Waals surface area contributed by atoms with Gasteiger partial charge in [-0.2, -0.15) is 0 Å². The molecule has 3 rings (SSSR count). The Morgan fingerprint density at radius 2 is 1.97 bits per heavy atom. The molecule has 0 radical (unpaired) electrons. The molecule has 0 bridgehead atoms. The summed E-state index contributed by atoms with van der Waals surface area (Å²) < 4.78 is 11.5. The quantitative estimate of drug-likeness (QED) is 0.528. The molecule has 0 aliphatic carbocycles. The van der Waals surface area contributed by atoms with Crippen molar-refractivity contribution in [2.24, 2.45) is 0 Å². The highest BCUT2D eigenvalue weighted by molar-refractivity contribution is 8.26. The highest BCUT2D eigenvalue weighted by atomic mass is 32.2. The van der Waals surface area contributed by atoms with E-state index in [1.165, 1.54) is 6.92 Å². The third-order valence-electron chi connectivity index (χ3n) is 4.29. The van der Waals surface area contributed by atoms with Gasteiger partial charge in [-0.3, -0.25) is 9.69 Å². The molecular formula is C21H19NO5S2. The zero-order valence-electron chi connectivity index (χ0n) is 15.8. The van der Waals surface area contributed by atoms with Gasteiger partial charge in [0, 0.05) is 0 Å². The van der Waals surface area contributed by atoms with Gasteiger partial charge in [0.2, 0.25) is 0 Å². The predicted octanol–water partition coefficient (Wildman–Crippen LogP) is 3.95. The minimum Gasteiger partial charge on any atom is -0.493 e. The molecule has 0 spiro atoms. The number of nitrogens with zero attached hydrogens (tertiary/aromatic N) is 1. The lowest BCUT2D eigenvalue weighted by atomic mass is 10.1. The molecule has 150 valence electrons. The molecule has 1 heterocycles. The topological polar surface area (TPSA) is 76.1 Å². The average Bonchev–Trinajstić information content (AvgIpc) is 2.99. The summed E-state index contributed by atoms with van der Waals surface area (Å²) in [5.41, 5.74) is 1.76. The van der Waals surface area contributed by atoms with Crippen LogP contribution in [0.3, 0.4) is 0 Å². The molecule has 8 heteroatoms. The van der Waals surface area contributed by atoms with E-state index in [1.54, 1.807) is 31.4 Å². The number of amides is 1. The number of hydrogen-bond donors (Lipinski definition) is 1. The molecule has 29 heavy (non-hydrogen) atoms. The number of carboxylic acid groups (broad SMARTS) is 1. The number of carbonyl (C=O) groups is 2. The summed E-state index contributed by atoms with van der Waals surface area (Å²) in [6.45, 7) is 1.83. The maximum absolute atomic E-state index is 12.6. The first-order valence-corrected chi connectivity index (χ1v) is 9.98. The molecule has 1 N–H and O–H groups in total. The second kappa shape index (κ2) is 9.11. The molecule has 1 aliphatic rings. The van der Waals surface area contributed by atoms with Crippen LogP contribution in [0.1, 0.15) is 18.1 Å². The molecule has 0 saturated carbocycles. The van der Waals surface area contributed by atoms with Crippen LogP contribution in [0.4, 0.5) is 0 Å². The summed E-state index contributed by atoms with van der Waals surface area (Å²) in [6, 6.07) is 14.1. The van der Waals surface area contributed by atoms with Crippen molar-refractivity contribution in [2.45, 2.75) is 19.6 Å². The summed E-state index contributed by atoms with van der Waals surface area (Å²) in [5, 5.41) is 9.17. The third-order valence-corrected chi connectivity index (χ3v) is 5.62. The lowest BCUT2D eigenvalue weighted by Gasteiger charge is -2.18. The van der Waals surface area contributed by atoms with Crippen LogP contribution in [-0.4, -0.2) is 39.4 Å². The van der Waals surface area contributed by atoms with Gasteiger partial charge >= 0.3 is 5.97 Å². The maximum Gasteiger partial charge on any atom is 0.326 e. The third kappa shape index (κ3) is 4.78. The van der Waals surface area contributed by atoms with Gasteiger partial charge in [0.15, 0.2) is 11.5 Å². The van der Waals surface area contributed by atoms with E-state index in [2.05, 4.69) is 0 Å². The van der Waals surface area contributed by atoms with Crippen molar-refractivity contribution in [3.8, 4) is 11.5 Å². The van der Waals surface area contributed by atoms with Gasteiger partial charge in [-0.05, 0) is 36.3 Å². The first-order chi connectivity index (χ1) is 13.9. The molecule has 2 aromatic carbocycles. The first kappa shape index (κ1) is 20.9. The van der Waals surface area contributed by atoms with Gasteiger partial charge in [0.25, 0.3) is 5.91 Å². The van der Waals surface area contributed by atoms with Crippen LogP contribution in [0.25, 0.3) is 6.08 Å². The van der Waals surface area contributed by atoms with E-state index >= 15 is 0 Å². The number of aliphatic carboxylic acids is 1. The van der Waals surface area contributed by atoms with E-state index in [9.17, 15) is 14.7 Å². The zero-order valence-corrected chi connectivity index (χ0v) is 17.5. The van der Waals surface area contributed by atoms with Crippen molar-refractivity contribution in [1.82, 2.24) is 4.90 Å². The van der Waals surface area contributed by atoms with Crippen LogP contribution in [-0.2, 0) is 16.2 Å². The van der Waals surface area contributed by atoms with Crippen molar-refractivity contribution < 1.29 is 24.2 Å².